The van der Waals surface area contributed by atoms with Crippen LogP contribution in [-0.2, 0) is 14.3 Å². The number of aliphatic carboxylic acids is 1. The summed E-state index contributed by atoms with van der Waals surface area (Å²) < 4.78 is 10.2. The van der Waals surface area contributed by atoms with Crippen LogP contribution in [0.3, 0.4) is 0 Å². The monoisotopic (exact) mass is 391 g/mol. The number of nitrogens with zero attached hydrogens (tertiary/aromatic N) is 1. The predicted molar refractivity (Wildman–Crippen MR) is 86.0 cm³/mol. The molecule has 1 aliphatic rings. The average molecular weight is 391 g/mol. The van der Waals surface area contributed by atoms with Crippen LogP contribution >= 0.6 is 0 Å². The van der Waals surface area contributed by atoms with E-state index >= 15 is 0 Å². The summed E-state index contributed by atoms with van der Waals surface area (Å²) in [6.45, 7) is 11.3. The van der Waals surface area contributed by atoms with Crippen molar-refractivity contribution in [2.75, 3.05) is 13.1 Å². The molecule has 7 nitrogen and oxygen atoms in total. The minimum atomic E-state index is -2.41. The van der Waals surface area contributed by atoms with E-state index in [1.54, 1.807) is 41.5 Å². The van der Waals surface area contributed by atoms with Gasteiger partial charge in [-0.05, 0) is 0 Å². The second kappa shape index (κ2) is 7.12. The van der Waals surface area contributed by atoms with E-state index in [4.69, 9.17) is 14.6 Å². The number of carboxylic acid groups (broad SMARTS) is 1. The molecule has 0 aliphatic carbocycles. The fraction of sp³-hybridized carbons (Fsp3) is 0.800. The second-order valence-corrected chi connectivity index (χ2v) is 12.5. The van der Waals surface area contributed by atoms with Gasteiger partial charge in [-0.25, -0.2) is 0 Å². The molecule has 1 rings (SSSR count). The predicted octanol–water partition coefficient (Wildman–Crippen LogP) is 2.70. The molecule has 132 valence electrons. The fourth-order valence-electron chi connectivity index (χ4n) is 1.94. The maximum atomic E-state index is 12.3. The average Bonchev–Trinajstić information content (AvgIpc) is 2.19. The van der Waals surface area contributed by atoms with Crippen LogP contribution in [-0.4, -0.2) is 65.8 Å². The van der Waals surface area contributed by atoms with Gasteiger partial charge in [0.05, 0.1) is 0 Å². The van der Waals surface area contributed by atoms with Crippen LogP contribution in [0, 0.1) is 0 Å². The van der Waals surface area contributed by atoms with Crippen molar-refractivity contribution >= 4 is 31.5 Å². The van der Waals surface area contributed by atoms with Gasteiger partial charge in [0, 0.05) is 0 Å². The quantitative estimate of drug-likeness (QED) is 0.741. The zero-order chi connectivity index (χ0) is 18.0. The summed E-state index contributed by atoms with van der Waals surface area (Å²) in [5, 5.41) is 8.89. The molecule has 23 heavy (non-hydrogen) atoms. The molecule has 0 bridgehead atoms. The molecule has 1 N–H and O–H groups in total. The van der Waals surface area contributed by atoms with Gasteiger partial charge in [-0.2, -0.15) is 0 Å². The van der Waals surface area contributed by atoms with E-state index in [0.29, 0.717) is 13.1 Å². The Morgan fingerprint density at radius 3 is 1.91 bits per heavy atom. The van der Waals surface area contributed by atoms with E-state index in [2.05, 4.69) is 0 Å². The molecule has 0 saturated carbocycles. The summed E-state index contributed by atoms with van der Waals surface area (Å²) in [6, 6.07) is 0. The van der Waals surface area contributed by atoms with Gasteiger partial charge in [0.15, 0.2) is 0 Å². The number of carbonyl (C=O) groups is 3. The molecule has 1 fully saturated rings. The van der Waals surface area contributed by atoms with Gasteiger partial charge in [-0.1, -0.05) is 0 Å². The number of rotatable bonds is 4. The van der Waals surface area contributed by atoms with Crippen molar-refractivity contribution in [3.05, 3.63) is 0 Å². The van der Waals surface area contributed by atoms with E-state index in [1.807, 2.05) is 0 Å². The van der Waals surface area contributed by atoms with Crippen molar-refractivity contribution in [1.29, 1.82) is 0 Å². The molecule has 0 radical (unpaired) electrons. The number of hydrogen-bond donors (Lipinski definition) is 1. The third-order valence-electron chi connectivity index (χ3n) is 2.89. The first-order valence-electron chi connectivity index (χ1n) is 7.48. The number of hydrogen-bond acceptors (Lipinski definition) is 5. The minimum absolute atomic E-state index is 0.0824. The molecule has 1 amide bonds. The van der Waals surface area contributed by atoms with Gasteiger partial charge < -0.3 is 0 Å². The second-order valence-electron chi connectivity index (χ2n) is 7.54. The van der Waals surface area contributed by atoms with Crippen LogP contribution in [0.1, 0.15) is 41.5 Å². The zero-order valence-electron chi connectivity index (χ0n) is 14.6. The van der Waals surface area contributed by atoms with Gasteiger partial charge in [0.25, 0.3) is 0 Å². The topological polar surface area (TPSA) is 93.1 Å². The van der Waals surface area contributed by atoms with Crippen molar-refractivity contribution in [2.45, 2.75) is 62.7 Å². The number of carbonyl (C=O) groups excluding carboxylic acids is 2. The van der Waals surface area contributed by atoms with E-state index < -0.39 is 37.9 Å². The van der Waals surface area contributed by atoms with Crippen molar-refractivity contribution in [3.8, 4) is 0 Å². The Kier molecular flexibility index (Phi) is 6.13. The molecule has 0 aromatic rings. The number of likely N-dealkylation sites (tertiary alicyclic amines) is 1. The molecular weight excluding hydrogens is 365 g/mol. The van der Waals surface area contributed by atoms with E-state index in [1.165, 1.54) is 4.90 Å². The number of carboxylic acids is 1. The number of ether oxygens (including phenoxy) is 2. The Labute approximate surface area is 141 Å². The van der Waals surface area contributed by atoms with Gasteiger partial charge in [-0.3, -0.25) is 0 Å². The van der Waals surface area contributed by atoms with Crippen LogP contribution in [0.25, 0.3) is 0 Å². The molecule has 1 heterocycles. The van der Waals surface area contributed by atoms with Crippen LogP contribution in [0.4, 0.5) is 9.59 Å². The molecule has 0 spiro atoms. The Bertz CT molecular complexity index is 473. The van der Waals surface area contributed by atoms with Crippen LogP contribution in [0.2, 0.25) is 9.91 Å². The van der Waals surface area contributed by atoms with Gasteiger partial charge in [-0.15, -0.1) is 0 Å². The summed E-state index contributed by atoms with van der Waals surface area (Å²) in [4.78, 5) is 36.8. The summed E-state index contributed by atoms with van der Waals surface area (Å²) in [6.07, 6.45) is -0.429. The van der Waals surface area contributed by atoms with Gasteiger partial charge in [0.2, 0.25) is 0 Å². The van der Waals surface area contributed by atoms with Crippen LogP contribution in [0.5, 0.6) is 0 Å². The molecule has 8 heteroatoms. The van der Waals surface area contributed by atoms with Crippen molar-refractivity contribution in [3.63, 3.8) is 0 Å². The molecular formula is C15H26AsNO6. The first-order chi connectivity index (χ1) is 10.3. The molecule has 1 unspecified atom stereocenters. The first-order valence-corrected chi connectivity index (χ1v) is 10.8. The molecule has 1 saturated heterocycles. The SMILES string of the molecule is CC(C)(C)OC(=O)N1CC([As](CC(=O)O)C(=O)OC(C)(C)C)C1. The van der Waals surface area contributed by atoms with Gasteiger partial charge in [0.1, 0.15) is 0 Å². The molecule has 1 atom stereocenters. The number of amides is 1. The van der Waals surface area contributed by atoms with Crippen molar-refractivity contribution < 1.29 is 29.0 Å². The molecule has 0 aromatic carbocycles. The molecule has 1 aliphatic heterocycles. The van der Waals surface area contributed by atoms with E-state index in [-0.39, 0.29) is 14.7 Å². The first kappa shape index (κ1) is 19.8. The third-order valence-corrected chi connectivity index (χ3v) is 7.88. The maximum absolute atomic E-state index is 12.3. The third kappa shape index (κ3) is 6.81. The normalized spacial score (nSPS) is 17.2. The Morgan fingerprint density at radius 1 is 1.04 bits per heavy atom. The Balaban J connectivity index is 2.65. The summed E-state index contributed by atoms with van der Waals surface area (Å²) >= 11 is -2.41. The Hall–Kier alpha value is -1.23. The van der Waals surface area contributed by atoms with Gasteiger partial charge >= 0.3 is 141 Å². The van der Waals surface area contributed by atoms with Crippen molar-refractivity contribution in [1.82, 2.24) is 4.90 Å². The van der Waals surface area contributed by atoms with Crippen molar-refractivity contribution in [2.24, 2.45) is 0 Å². The molecule has 0 aromatic heterocycles. The zero-order valence-corrected chi connectivity index (χ0v) is 16.5. The summed E-state index contributed by atoms with van der Waals surface area (Å²) in [5.41, 5.74) is -1.22. The van der Waals surface area contributed by atoms with E-state index in [9.17, 15) is 14.4 Å². The summed E-state index contributed by atoms with van der Waals surface area (Å²) in [5.74, 6) is -0.994. The Morgan fingerprint density at radius 2 is 1.52 bits per heavy atom. The summed E-state index contributed by atoms with van der Waals surface area (Å²) in [7, 11) is 0. The fourth-order valence-corrected chi connectivity index (χ4v) is 6.46. The standard InChI is InChI=1S/C15H26AsNO6/c1-14(2,3)22-12(20)16(7-11(18)19)10-8-17(9-10)13(21)23-15(4,5)6/h10H,7-9H2,1-6H3,(H,18,19). The van der Waals surface area contributed by atoms with Crippen LogP contribution in [0.15, 0.2) is 0 Å². The van der Waals surface area contributed by atoms with E-state index in [0.717, 1.165) is 0 Å². The van der Waals surface area contributed by atoms with Crippen LogP contribution < -0.4 is 0 Å².